The van der Waals surface area contributed by atoms with Gasteiger partial charge in [-0.2, -0.15) is 4.98 Å². The lowest BCUT2D eigenvalue weighted by Gasteiger charge is -1.97. The van der Waals surface area contributed by atoms with Crippen LogP contribution in [0.1, 0.15) is 17.3 Å². The van der Waals surface area contributed by atoms with Crippen molar-refractivity contribution in [3.63, 3.8) is 0 Å². The highest BCUT2D eigenvalue weighted by Crippen LogP contribution is 2.22. The fourth-order valence-corrected chi connectivity index (χ4v) is 2.42. The van der Waals surface area contributed by atoms with Gasteiger partial charge < -0.3 is 8.94 Å². The van der Waals surface area contributed by atoms with Gasteiger partial charge in [0.25, 0.3) is 0 Å². The smallest absolute Gasteiger partial charge is 0.247 e. The summed E-state index contributed by atoms with van der Waals surface area (Å²) in [4.78, 5) is 4.38. The van der Waals surface area contributed by atoms with E-state index in [-0.39, 0.29) is 12.2 Å². The molecular weight excluding hydrogens is 323 g/mol. The van der Waals surface area contributed by atoms with E-state index >= 15 is 0 Å². The molecule has 0 saturated heterocycles. The molecule has 6 nitrogen and oxygen atoms in total. The molecular formula is C18H13FN4O2. The van der Waals surface area contributed by atoms with Crippen LogP contribution in [0.25, 0.3) is 22.8 Å². The molecule has 2 heterocycles. The molecule has 7 heteroatoms. The van der Waals surface area contributed by atoms with Crippen molar-refractivity contribution in [3.8, 4) is 22.8 Å². The Morgan fingerprint density at radius 1 is 0.960 bits per heavy atom. The lowest BCUT2D eigenvalue weighted by Crippen LogP contribution is -1.89. The van der Waals surface area contributed by atoms with E-state index in [0.717, 1.165) is 11.1 Å². The minimum absolute atomic E-state index is 0.229. The Labute approximate surface area is 142 Å². The summed E-state index contributed by atoms with van der Waals surface area (Å²) in [6.45, 7) is 1.98. The van der Waals surface area contributed by atoms with Gasteiger partial charge in [0, 0.05) is 11.1 Å². The summed E-state index contributed by atoms with van der Waals surface area (Å²) >= 11 is 0. The molecule has 0 spiro atoms. The Hall–Kier alpha value is -3.35. The first-order chi connectivity index (χ1) is 12.2. The largest absolute Gasteiger partial charge is 0.420 e. The number of aryl methyl sites for hydroxylation is 1. The zero-order chi connectivity index (χ0) is 17.2. The van der Waals surface area contributed by atoms with Crippen molar-refractivity contribution in [2.24, 2.45) is 0 Å². The maximum absolute atomic E-state index is 13.0. The zero-order valence-corrected chi connectivity index (χ0v) is 13.3. The Morgan fingerprint density at radius 3 is 2.56 bits per heavy atom. The molecule has 4 rings (SSSR count). The highest BCUT2D eigenvalue weighted by molar-refractivity contribution is 5.59. The van der Waals surface area contributed by atoms with E-state index in [0.29, 0.717) is 29.1 Å². The van der Waals surface area contributed by atoms with Gasteiger partial charge >= 0.3 is 0 Å². The first-order valence-corrected chi connectivity index (χ1v) is 7.66. The maximum Gasteiger partial charge on any atom is 0.247 e. The Bertz CT molecular complexity index is 1010. The van der Waals surface area contributed by atoms with Crippen LogP contribution in [0.5, 0.6) is 0 Å². The van der Waals surface area contributed by atoms with Crippen molar-refractivity contribution >= 4 is 0 Å². The predicted molar refractivity (Wildman–Crippen MR) is 87.0 cm³/mol. The standard InChI is InChI=1S/C18H13FN4O2/c1-11-4-2-3-5-14(11)17-20-15(25-23-17)10-16-21-22-18(24-16)12-6-8-13(19)9-7-12/h2-9H,10H2,1H3. The highest BCUT2D eigenvalue weighted by atomic mass is 19.1. The van der Waals surface area contributed by atoms with E-state index in [1.54, 1.807) is 12.1 Å². The maximum atomic E-state index is 13.0. The molecule has 0 atom stereocenters. The number of benzene rings is 2. The summed E-state index contributed by atoms with van der Waals surface area (Å²) in [5.41, 5.74) is 2.62. The van der Waals surface area contributed by atoms with Crippen LogP contribution < -0.4 is 0 Å². The topological polar surface area (TPSA) is 77.8 Å². The van der Waals surface area contributed by atoms with E-state index in [1.165, 1.54) is 12.1 Å². The molecule has 0 radical (unpaired) electrons. The molecule has 0 bridgehead atoms. The summed E-state index contributed by atoms with van der Waals surface area (Å²) in [7, 11) is 0. The summed E-state index contributed by atoms with van der Waals surface area (Å²) in [5, 5.41) is 11.9. The number of aromatic nitrogens is 4. The van der Waals surface area contributed by atoms with Crippen molar-refractivity contribution in [2.75, 3.05) is 0 Å². The van der Waals surface area contributed by atoms with Crippen molar-refractivity contribution in [2.45, 2.75) is 13.3 Å². The quantitative estimate of drug-likeness (QED) is 0.564. The van der Waals surface area contributed by atoms with E-state index < -0.39 is 0 Å². The Morgan fingerprint density at radius 2 is 1.76 bits per heavy atom. The van der Waals surface area contributed by atoms with Gasteiger partial charge in [-0.1, -0.05) is 29.4 Å². The second kappa shape index (κ2) is 6.27. The van der Waals surface area contributed by atoms with Gasteiger partial charge in [-0.15, -0.1) is 10.2 Å². The lowest BCUT2D eigenvalue weighted by molar-refractivity contribution is 0.374. The number of hydrogen-bond donors (Lipinski definition) is 0. The third kappa shape index (κ3) is 3.16. The molecule has 0 aliphatic carbocycles. The monoisotopic (exact) mass is 336 g/mol. The van der Waals surface area contributed by atoms with Crippen LogP contribution in [0, 0.1) is 12.7 Å². The molecule has 0 saturated carbocycles. The fourth-order valence-electron chi connectivity index (χ4n) is 2.42. The first kappa shape index (κ1) is 15.2. The molecule has 0 unspecified atom stereocenters. The van der Waals surface area contributed by atoms with Crippen LogP contribution in [0.3, 0.4) is 0 Å². The van der Waals surface area contributed by atoms with Crippen molar-refractivity contribution in [1.29, 1.82) is 0 Å². The molecule has 0 amide bonds. The minimum Gasteiger partial charge on any atom is -0.420 e. The van der Waals surface area contributed by atoms with Crippen LogP contribution in [-0.2, 0) is 6.42 Å². The van der Waals surface area contributed by atoms with Crippen LogP contribution in [0.4, 0.5) is 4.39 Å². The Balaban J connectivity index is 1.54. The van der Waals surface area contributed by atoms with Crippen molar-refractivity contribution < 1.29 is 13.3 Å². The summed E-state index contributed by atoms with van der Waals surface area (Å²) in [5.74, 6) is 1.24. The summed E-state index contributed by atoms with van der Waals surface area (Å²) in [6.07, 6.45) is 0.229. The van der Waals surface area contributed by atoms with Crippen LogP contribution in [0.15, 0.2) is 57.5 Å². The molecule has 4 aromatic rings. The molecule has 0 fully saturated rings. The van der Waals surface area contributed by atoms with Crippen molar-refractivity contribution in [1.82, 2.24) is 20.3 Å². The molecule has 0 aliphatic rings. The molecule has 124 valence electrons. The highest BCUT2D eigenvalue weighted by Gasteiger charge is 2.15. The van der Waals surface area contributed by atoms with Gasteiger partial charge in [0.2, 0.25) is 23.5 Å². The van der Waals surface area contributed by atoms with E-state index in [1.807, 2.05) is 31.2 Å². The summed E-state index contributed by atoms with van der Waals surface area (Å²) in [6, 6.07) is 13.6. The molecule has 25 heavy (non-hydrogen) atoms. The third-order valence-electron chi connectivity index (χ3n) is 3.71. The Kier molecular flexibility index (Phi) is 3.81. The van der Waals surface area contributed by atoms with E-state index in [9.17, 15) is 4.39 Å². The second-order valence-electron chi connectivity index (χ2n) is 5.51. The molecule has 0 N–H and O–H groups in total. The molecule has 0 aliphatic heterocycles. The number of rotatable bonds is 4. The van der Waals surface area contributed by atoms with Crippen LogP contribution in [0.2, 0.25) is 0 Å². The van der Waals surface area contributed by atoms with Gasteiger partial charge in [0.1, 0.15) is 12.2 Å². The third-order valence-corrected chi connectivity index (χ3v) is 3.71. The van der Waals surface area contributed by atoms with Gasteiger partial charge in [0.05, 0.1) is 0 Å². The van der Waals surface area contributed by atoms with E-state index in [2.05, 4.69) is 20.3 Å². The SMILES string of the molecule is Cc1ccccc1-c1noc(Cc2nnc(-c3ccc(F)cc3)o2)n1. The van der Waals surface area contributed by atoms with Crippen LogP contribution >= 0.6 is 0 Å². The van der Waals surface area contributed by atoms with Gasteiger partial charge in [-0.05, 0) is 36.8 Å². The average molecular weight is 336 g/mol. The van der Waals surface area contributed by atoms with Gasteiger partial charge in [-0.25, -0.2) is 4.39 Å². The average Bonchev–Trinajstić information content (AvgIpc) is 3.26. The number of halogens is 1. The summed E-state index contributed by atoms with van der Waals surface area (Å²) < 4.78 is 23.8. The zero-order valence-electron chi connectivity index (χ0n) is 13.3. The van der Waals surface area contributed by atoms with E-state index in [4.69, 9.17) is 8.94 Å². The number of hydrogen-bond acceptors (Lipinski definition) is 6. The fraction of sp³-hybridized carbons (Fsp3) is 0.111. The lowest BCUT2D eigenvalue weighted by atomic mass is 10.1. The molecule has 2 aromatic carbocycles. The van der Waals surface area contributed by atoms with Gasteiger partial charge in [-0.3, -0.25) is 0 Å². The minimum atomic E-state index is -0.321. The van der Waals surface area contributed by atoms with Gasteiger partial charge in [0.15, 0.2) is 0 Å². The van der Waals surface area contributed by atoms with Crippen LogP contribution in [-0.4, -0.2) is 20.3 Å². The normalized spacial score (nSPS) is 11.0. The first-order valence-electron chi connectivity index (χ1n) is 7.66. The predicted octanol–water partition coefficient (Wildman–Crippen LogP) is 3.82. The number of nitrogens with zero attached hydrogens (tertiary/aromatic N) is 4. The second-order valence-corrected chi connectivity index (χ2v) is 5.51. The molecule has 2 aromatic heterocycles. The van der Waals surface area contributed by atoms with Crippen molar-refractivity contribution in [3.05, 3.63) is 71.7 Å².